The Morgan fingerprint density at radius 2 is 1.44 bits per heavy atom. The molecule has 2 nitrogen and oxygen atoms in total. The van der Waals surface area contributed by atoms with E-state index in [1.165, 1.54) is 11.1 Å². The first-order valence-electron chi connectivity index (χ1n) is 6.38. The van der Waals surface area contributed by atoms with Crippen LogP contribution in [0.15, 0.2) is 48.8 Å². The van der Waals surface area contributed by atoms with Crippen LogP contribution in [0.1, 0.15) is 25.0 Å². The maximum atomic E-state index is 5.62. The Hall–Kier alpha value is -1.83. The van der Waals surface area contributed by atoms with E-state index < -0.39 is 0 Å². The second-order valence-electron chi connectivity index (χ2n) is 4.67. The second kappa shape index (κ2) is 6.20. The van der Waals surface area contributed by atoms with E-state index in [1.807, 2.05) is 38.4 Å². The number of nitrogens with zero attached hydrogens (tertiary/aromatic N) is 1. The third-order valence-corrected chi connectivity index (χ3v) is 2.75. The smallest absolute Gasteiger partial charge is 0.119 e. The van der Waals surface area contributed by atoms with Gasteiger partial charge in [-0.2, -0.15) is 0 Å². The molecule has 94 valence electrons. The van der Waals surface area contributed by atoms with Crippen molar-refractivity contribution in [2.75, 3.05) is 0 Å². The highest BCUT2D eigenvalue weighted by Gasteiger charge is 1.99. The van der Waals surface area contributed by atoms with Gasteiger partial charge in [0.05, 0.1) is 6.10 Å². The molecule has 0 amide bonds. The van der Waals surface area contributed by atoms with Gasteiger partial charge >= 0.3 is 0 Å². The number of hydrogen-bond acceptors (Lipinski definition) is 2. The summed E-state index contributed by atoms with van der Waals surface area (Å²) in [6, 6.07) is 12.5. The quantitative estimate of drug-likeness (QED) is 0.797. The standard InChI is InChI=1S/C16H19NO/c1-13(2)18-16-7-5-14(6-8-16)3-4-15-9-11-17-12-10-15/h5-13H,3-4H2,1-2H3. The summed E-state index contributed by atoms with van der Waals surface area (Å²) in [6.07, 6.45) is 6.01. The zero-order valence-electron chi connectivity index (χ0n) is 11.0. The third kappa shape index (κ3) is 3.88. The minimum atomic E-state index is 0.229. The van der Waals surface area contributed by atoms with Crippen LogP contribution in [-0.2, 0) is 12.8 Å². The number of benzene rings is 1. The number of ether oxygens (including phenoxy) is 1. The van der Waals surface area contributed by atoms with Gasteiger partial charge in [-0.1, -0.05) is 12.1 Å². The summed E-state index contributed by atoms with van der Waals surface area (Å²) in [5.41, 5.74) is 2.66. The van der Waals surface area contributed by atoms with Crippen molar-refractivity contribution in [2.45, 2.75) is 32.8 Å². The van der Waals surface area contributed by atoms with Crippen LogP contribution in [0.2, 0.25) is 0 Å². The fourth-order valence-electron chi connectivity index (χ4n) is 1.84. The minimum absolute atomic E-state index is 0.229. The van der Waals surface area contributed by atoms with Crippen molar-refractivity contribution in [3.8, 4) is 5.75 Å². The Balaban J connectivity index is 1.90. The Bertz CT molecular complexity index is 462. The van der Waals surface area contributed by atoms with Gasteiger partial charge in [0, 0.05) is 12.4 Å². The van der Waals surface area contributed by atoms with Gasteiger partial charge in [0.1, 0.15) is 5.75 Å². The summed E-state index contributed by atoms with van der Waals surface area (Å²) < 4.78 is 5.62. The zero-order valence-corrected chi connectivity index (χ0v) is 11.0. The van der Waals surface area contributed by atoms with E-state index in [1.54, 1.807) is 0 Å². The Kier molecular flexibility index (Phi) is 4.35. The largest absolute Gasteiger partial charge is 0.491 e. The van der Waals surface area contributed by atoms with Gasteiger partial charge < -0.3 is 4.74 Å². The summed E-state index contributed by atoms with van der Waals surface area (Å²) in [7, 11) is 0. The molecule has 0 unspecified atom stereocenters. The van der Waals surface area contributed by atoms with Crippen molar-refractivity contribution >= 4 is 0 Å². The van der Waals surface area contributed by atoms with Gasteiger partial charge in [-0.25, -0.2) is 0 Å². The average molecular weight is 241 g/mol. The van der Waals surface area contributed by atoms with Crippen LogP contribution in [-0.4, -0.2) is 11.1 Å². The van der Waals surface area contributed by atoms with Crippen molar-refractivity contribution in [3.63, 3.8) is 0 Å². The van der Waals surface area contributed by atoms with Crippen molar-refractivity contribution < 1.29 is 4.74 Å². The number of rotatable bonds is 5. The van der Waals surface area contributed by atoms with Gasteiger partial charge in [0.25, 0.3) is 0 Å². The summed E-state index contributed by atoms with van der Waals surface area (Å²) in [6.45, 7) is 4.08. The Morgan fingerprint density at radius 1 is 0.889 bits per heavy atom. The molecule has 0 aliphatic heterocycles. The van der Waals surface area contributed by atoms with E-state index in [4.69, 9.17) is 4.74 Å². The molecule has 0 atom stereocenters. The Morgan fingerprint density at radius 3 is 2.00 bits per heavy atom. The second-order valence-corrected chi connectivity index (χ2v) is 4.67. The van der Waals surface area contributed by atoms with Crippen molar-refractivity contribution in [2.24, 2.45) is 0 Å². The van der Waals surface area contributed by atoms with E-state index in [0.29, 0.717) is 0 Å². The van der Waals surface area contributed by atoms with Crippen LogP contribution in [0.4, 0.5) is 0 Å². The van der Waals surface area contributed by atoms with Crippen LogP contribution in [0.25, 0.3) is 0 Å². The number of pyridine rings is 1. The normalized spacial score (nSPS) is 10.6. The van der Waals surface area contributed by atoms with Crippen molar-refractivity contribution in [3.05, 3.63) is 59.9 Å². The summed E-state index contributed by atoms with van der Waals surface area (Å²) in [5, 5.41) is 0. The molecular formula is C16H19NO. The highest BCUT2D eigenvalue weighted by atomic mass is 16.5. The van der Waals surface area contributed by atoms with Gasteiger partial charge in [0.2, 0.25) is 0 Å². The van der Waals surface area contributed by atoms with Gasteiger partial charge in [0.15, 0.2) is 0 Å². The first-order valence-corrected chi connectivity index (χ1v) is 6.38. The van der Waals surface area contributed by atoms with E-state index in [2.05, 4.69) is 29.2 Å². The van der Waals surface area contributed by atoms with Crippen LogP contribution < -0.4 is 4.74 Å². The van der Waals surface area contributed by atoms with E-state index in [-0.39, 0.29) is 6.10 Å². The molecule has 2 heteroatoms. The fourth-order valence-corrected chi connectivity index (χ4v) is 1.84. The summed E-state index contributed by atoms with van der Waals surface area (Å²) in [4.78, 5) is 4.02. The molecule has 2 rings (SSSR count). The molecule has 1 heterocycles. The fraction of sp³-hybridized carbons (Fsp3) is 0.312. The SMILES string of the molecule is CC(C)Oc1ccc(CCc2ccncc2)cc1. The molecule has 0 saturated heterocycles. The molecule has 0 bridgehead atoms. The van der Waals surface area contributed by atoms with Crippen molar-refractivity contribution in [1.82, 2.24) is 4.98 Å². The number of hydrogen-bond donors (Lipinski definition) is 0. The number of aromatic nitrogens is 1. The van der Waals surface area contributed by atoms with Gasteiger partial charge in [-0.05, 0) is 62.1 Å². The number of aryl methyl sites for hydroxylation is 2. The van der Waals surface area contributed by atoms with Crippen LogP contribution in [0, 0.1) is 0 Å². The van der Waals surface area contributed by atoms with Crippen molar-refractivity contribution in [1.29, 1.82) is 0 Å². The molecule has 18 heavy (non-hydrogen) atoms. The van der Waals surface area contributed by atoms with Gasteiger partial charge in [-0.3, -0.25) is 4.98 Å². The lowest BCUT2D eigenvalue weighted by molar-refractivity contribution is 0.242. The maximum absolute atomic E-state index is 5.62. The molecule has 0 aliphatic carbocycles. The lowest BCUT2D eigenvalue weighted by Gasteiger charge is -2.10. The first kappa shape index (κ1) is 12.6. The molecule has 0 radical (unpaired) electrons. The molecule has 0 saturated carbocycles. The van der Waals surface area contributed by atoms with Gasteiger partial charge in [-0.15, -0.1) is 0 Å². The summed E-state index contributed by atoms with van der Waals surface area (Å²) in [5.74, 6) is 0.942. The third-order valence-electron chi connectivity index (χ3n) is 2.75. The molecule has 1 aromatic carbocycles. The molecule has 1 aromatic heterocycles. The minimum Gasteiger partial charge on any atom is -0.491 e. The highest BCUT2D eigenvalue weighted by molar-refractivity contribution is 5.28. The monoisotopic (exact) mass is 241 g/mol. The zero-order chi connectivity index (χ0) is 12.8. The van der Waals surface area contributed by atoms with Crippen LogP contribution in [0.3, 0.4) is 0 Å². The Labute approximate surface area is 109 Å². The van der Waals surface area contributed by atoms with E-state index >= 15 is 0 Å². The molecule has 0 aliphatic rings. The average Bonchev–Trinajstić information content (AvgIpc) is 2.38. The predicted octanol–water partition coefficient (Wildman–Crippen LogP) is 3.65. The molecule has 2 aromatic rings. The molecule has 0 fully saturated rings. The molecule has 0 spiro atoms. The highest BCUT2D eigenvalue weighted by Crippen LogP contribution is 2.15. The molecular weight excluding hydrogens is 222 g/mol. The molecule has 0 N–H and O–H groups in total. The topological polar surface area (TPSA) is 22.1 Å². The summed E-state index contributed by atoms with van der Waals surface area (Å²) >= 11 is 0. The predicted molar refractivity (Wildman–Crippen MR) is 73.9 cm³/mol. The lowest BCUT2D eigenvalue weighted by atomic mass is 10.1. The van der Waals surface area contributed by atoms with E-state index in [0.717, 1.165) is 18.6 Å². The lowest BCUT2D eigenvalue weighted by Crippen LogP contribution is -2.05. The first-order chi connectivity index (χ1) is 8.74. The van der Waals surface area contributed by atoms with E-state index in [9.17, 15) is 0 Å². The maximum Gasteiger partial charge on any atom is 0.119 e. The van der Waals surface area contributed by atoms with Crippen LogP contribution >= 0.6 is 0 Å². The van der Waals surface area contributed by atoms with Crippen LogP contribution in [0.5, 0.6) is 5.75 Å².